The lowest BCUT2D eigenvalue weighted by atomic mass is 9.74. The maximum atomic E-state index is 13.3. The molecule has 1 aromatic carbocycles. The molecule has 7 nitrogen and oxygen atoms in total. The van der Waals surface area contributed by atoms with E-state index in [1.807, 2.05) is 6.07 Å². The predicted octanol–water partition coefficient (Wildman–Crippen LogP) is 3.39. The van der Waals surface area contributed by atoms with Crippen molar-refractivity contribution in [1.29, 1.82) is 0 Å². The number of amides is 1. The first-order valence-corrected chi connectivity index (χ1v) is 11.3. The SMILES string of the molecule is C=C(F)C(=O)N1CC(n2nc(-c3ccc(C(F)(F)F)cc3)c3nccc(N4CC5(CNC5)C4)c32)C1. The Morgan fingerprint density at radius 3 is 2.37 bits per heavy atom. The molecule has 5 heterocycles. The highest BCUT2D eigenvalue weighted by Gasteiger charge is 2.48. The summed E-state index contributed by atoms with van der Waals surface area (Å²) in [7, 11) is 0. The zero-order valence-electron chi connectivity index (χ0n) is 18.6. The van der Waals surface area contributed by atoms with Gasteiger partial charge in [-0.15, -0.1) is 0 Å². The number of carbonyl (C=O) groups excluding carboxylic acids is 1. The molecule has 1 spiro atoms. The van der Waals surface area contributed by atoms with Crippen molar-refractivity contribution in [3.63, 3.8) is 0 Å². The third-order valence-electron chi connectivity index (χ3n) is 7.17. The molecule has 182 valence electrons. The van der Waals surface area contributed by atoms with Gasteiger partial charge in [0.1, 0.15) is 16.7 Å². The van der Waals surface area contributed by atoms with Gasteiger partial charge >= 0.3 is 6.18 Å². The molecule has 11 heteroatoms. The molecule has 3 aliphatic rings. The monoisotopic (exact) mass is 486 g/mol. The van der Waals surface area contributed by atoms with Crippen LogP contribution in [0.4, 0.5) is 23.2 Å². The van der Waals surface area contributed by atoms with Crippen LogP contribution in [0.25, 0.3) is 22.3 Å². The van der Waals surface area contributed by atoms with Crippen molar-refractivity contribution < 1.29 is 22.4 Å². The topological polar surface area (TPSA) is 66.3 Å². The van der Waals surface area contributed by atoms with Crippen LogP contribution in [-0.4, -0.2) is 64.8 Å². The molecule has 3 aromatic rings. The Balaban J connectivity index is 1.40. The van der Waals surface area contributed by atoms with E-state index in [0.717, 1.165) is 49.5 Å². The van der Waals surface area contributed by atoms with Gasteiger partial charge in [0.15, 0.2) is 5.83 Å². The Hall–Kier alpha value is -3.47. The smallest absolute Gasteiger partial charge is 0.368 e. The minimum absolute atomic E-state index is 0.215. The molecule has 1 N–H and O–H groups in total. The summed E-state index contributed by atoms with van der Waals surface area (Å²) in [4.78, 5) is 20.1. The van der Waals surface area contributed by atoms with Crippen LogP contribution in [0.1, 0.15) is 11.6 Å². The number of carbonyl (C=O) groups is 1. The van der Waals surface area contributed by atoms with Gasteiger partial charge < -0.3 is 15.1 Å². The number of anilines is 1. The molecular formula is C24H22F4N6O. The number of nitrogens with zero attached hydrogens (tertiary/aromatic N) is 5. The summed E-state index contributed by atoms with van der Waals surface area (Å²) in [6.07, 6.45) is -2.75. The van der Waals surface area contributed by atoms with Crippen molar-refractivity contribution in [3.8, 4) is 11.3 Å². The summed E-state index contributed by atoms with van der Waals surface area (Å²) in [6.45, 7) is 7.31. The van der Waals surface area contributed by atoms with Gasteiger partial charge in [-0.25, -0.2) is 4.39 Å². The molecule has 2 aromatic heterocycles. The fourth-order valence-corrected chi connectivity index (χ4v) is 5.16. The second-order valence-electron chi connectivity index (χ2n) is 9.62. The first-order chi connectivity index (χ1) is 16.7. The van der Waals surface area contributed by atoms with E-state index in [1.54, 1.807) is 10.9 Å². The largest absolute Gasteiger partial charge is 0.416 e. The minimum atomic E-state index is -4.43. The van der Waals surface area contributed by atoms with Crippen molar-refractivity contribution in [1.82, 2.24) is 25.0 Å². The zero-order valence-corrected chi connectivity index (χ0v) is 18.6. The molecular weight excluding hydrogens is 464 g/mol. The van der Waals surface area contributed by atoms with Gasteiger partial charge in [0.25, 0.3) is 5.91 Å². The van der Waals surface area contributed by atoms with E-state index >= 15 is 0 Å². The molecule has 6 rings (SSSR count). The molecule has 0 unspecified atom stereocenters. The lowest BCUT2D eigenvalue weighted by molar-refractivity contribution is -0.137. The number of nitrogens with one attached hydrogen (secondary N) is 1. The minimum Gasteiger partial charge on any atom is -0.368 e. The standard InChI is InChI=1S/C24H22F4N6O/c1-14(25)22(35)32-8-17(9-32)34-21-18(33-12-23(13-33)10-29-11-23)6-7-30-20(21)19(31-34)15-2-4-16(5-3-15)24(26,27)28/h2-7,17,29H,1,8-13H2. The molecule has 3 saturated heterocycles. The van der Waals surface area contributed by atoms with E-state index < -0.39 is 23.5 Å². The van der Waals surface area contributed by atoms with E-state index in [9.17, 15) is 22.4 Å². The lowest BCUT2D eigenvalue weighted by Gasteiger charge is -2.57. The van der Waals surface area contributed by atoms with Crippen molar-refractivity contribution in [2.75, 3.05) is 44.2 Å². The van der Waals surface area contributed by atoms with Gasteiger partial charge in [0, 0.05) is 56.4 Å². The molecule has 3 aliphatic heterocycles. The van der Waals surface area contributed by atoms with Gasteiger partial charge in [-0.3, -0.25) is 14.5 Å². The average molecular weight is 486 g/mol. The molecule has 0 radical (unpaired) electrons. The zero-order chi connectivity index (χ0) is 24.5. The van der Waals surface area contributed by atoms with Crippen LogP contribution >= 0.6 is 0 Å². The average Bonchev–Trinajstić information content (AvgIpc) is 3.10. The van der Waals surface area contributed by atoms with Crippen LogP contribution in [-0.2, 0) is 11.0 Å². The van der Waals surface area contributed by atoms with Crippen LogP contribution in [0.3, 0.4) is 0 Å². The molecule has 0 atom stereocenters. The predicted molar refractivity (Wildman–Crippen MR) is 121 cm³/mol. The van der Waals surface area contributed by atoms with Crippen LogP contribution < -0.4 is 10.2 Å². The maximum Gasteiger partial charge on any atom is 0.416 e. The maximum absolute atomic E-state index is 13.3. The Morgan fingerprint density at radius 2 is 1.80 bits per heavy atom. The summed E-state index contributed by atoms with van der Waals surface area (Å²) in [6, 6.07) is 6.55. The highest BCUT2D eigenvalue weighted by Crippen LogP contribution is 2.43. The van der Waals surface area contributed by atoms with Gasteiger partial charge in [-0.1, -0.05) is 18.7 Å². The molecule has 3 fully saturated rings. The van der Waals surface area contributed by atoms with Crippen molar-refractivity contribution in [2.45, 2.75) is 12.2 Å². The summed E-state index contributed by atoms with van der Waals surface area (Å²) >= 11 is 0. The van der Waals surface area contributed by atoms with Gasteiger partial charge in [0.05, 0.1) is 17.3 Å². The number of benzene rings is 1. The van der Waals surface area contributed by atoms with Crippen LogP contribution in [0, 0.1) is 5.41 Å². The van der Waals surface area contributed by atoms with E-state index in [4.69, 9.17) is 5.10 Å². The number of aromatic nitrogens is 3. The van der Waals surface area contributed by atoms with Gasteiger partial charge in [-0.05, 0) is 18.2 Å². The Kier molecular flexibility index (Phi) is 4.73. The van der Waals surface area contributed by atoms with E-state index in [2.05, 4.69) is 21.8 Å². The summed E-state index contributed by atoms with van der Waals surface area (Å²) in [5.41, 5.74) is 2.80. The number of halogens is 4. The highest BCUT2D eigenvalue weighted by molar-refractivity contribution is 5.98. The van der Waals surface area contributed by atoms with Crippen molar-refractivity contribution in [2.24, 2.45) is 5.41 Å². The first kappa shape index (κ1) is 22.0. The van der Waals surface area contributed by atoms with E-state index in [0.29, 0.717) is 16.8 Å². The Bertz CT molecular complexity index is 1330. The van der Waals surface area contributed by atoms with Crippen LogP contribution in [0.2, 0.25) is 0 Å². The summed E-state index contributed by atoms with van der Waals surface area (Å²) < 4.78 is 54.3. The number of hydrogen-bond donors (Lipinski definition) is 1. The second kappa shape index (κ2) is 7.51. The van der Waals surface area contributed by atoms with Crippen molar-refractivity contribution in [3.05, 3.63) is 54.5 Å². The normalized spacial score (nSPS) is 19.4. The molecule has 1 amide bonds. The third kappa shape index (κ3) is 3.48. The lowest BCUT2D eigenvalue weighted by Crippen LogP contribution is -2.71. The number of likely N-dealkylation sites (tertiary alicyclic amines) is 1. The quantitative estimate of drug-likeness (QED) is 0.453. The summed E-state index contributed by atoms with van der Waals surface area (Å²) in [5.74, 6) is -1.76. The Labute approximate surface area is 198 Å². The fraction of sp³-hybridized carbons (Fsp3) is 0.375. The number of alkyl halides is 3. The van der Waals surface area contributed by atoms with E-state index in [1.165, 1.54) is 17.0 Å². The number of hydrogen-bond acceptors (Lipinski definition) is 5. The fourth-order valence-electron chi connectivity index (χ4n) is 5.16. The van der Waals surface area contributed by atoms with Crippen LogP contribution in [0.15, 0.2) is 48.9 Å². The number of rotatable bonds is 4. The first-order valence-electron chi connectivity index (χ1n) is 11.3. The summed E-state index contributed by atoms with van der Waals surface area (Å²) in [5, 5.41) is 8.08. The molecule has 0 bridgehead atoms. The molecule has 0 aliphatic carbocycles. The number of fused-ring (bicyclic) bond motifs is 1. The van der Waals surface area contributed by atoms with Gasteiger partial charge in [-0.2, -0.15) is 18.3 Å². The van der Waals surface area contributed by atoms with E-state index in [-0.39, 0.29) is 24.5 Å². The van der Waals surface area contributed by atoms with Gasteiger partial charge in [0.2, 0.25) is 0 Å². The second-order valence-corrected chi connectivity index (χ2v) is 9.62. The van der Waals surface area contributed by atoms with Crippen molar-refractivity contribution >= 4 is 22.6 Å². The molecule has 35 heavy (non-hydrogen) atoms. The number of pyridine rings is 1. The van der Waals surface area contributed by atoms with Crippen LogP contribution in [0.5, 0.6) is 0 Å². The molecule has 0 saturated carbocycles. The highest BCUT2D eigenvalue weighted by atomic mass is 19.4. The third-order valence-corrected chi connectivity index (χ3v) is 7.17. The Morgan fingerprint density at radius 1 is 1.11 bits per heavy atom.